The number of amides is 2. The zero-order valence-electron chi connectivity index (χ0n) is 16.2. The van der Waals surface area contributed by atoms with Gasteiger partial charge in [0.05, 0.1) is 39.8 Å². The summed E-state index contributed by atoms with van der Waals surface area (Å²) in [5, 5.41) is 17.0. The molecule has 0 unspecified atom stereocenters. The Labute approximate surface area is 212 Å². The third kappa shape index (κ3) is 6.22. The van der Waals surface area contributed by atoms with E-state index in [2.05, 4.69) is 62.9 Å². The first-order valence-electron chi connectivity index (χ1n) is 8.55. The highest BCUT2D eigenvalue weighted by molar-refractivity contribution is 14.1. The number of hydrogen-bond donors (Lipinski definition) is 2. The van der Waals surface area contributed by atoms with Crippen LogP contribution in [0.5, 0.6) is 0 Å². The number of carbonyl (C=O) groups is 2. The van der Waals surface area contributed by atoms with Gasteiger partial charge in [0.2, 0.25) is 11.8 Å². The quantitative estimate of drug-likeness (QED) is 0.106. The summed E-state index contributed by atoms with van der Waals surface area (Å²) in [7, 11) is 0. The number of hydrogen-bond acceptors (Lipinski definition) is 10. The first kappa shape index (κ1) is 24.1. The van der Waals surface area contributed by atoms with Crippen LogP contribution in [0.15, 0.2) is 28.9 Å². The molecule has 11 nitrogen and oxygen atoms in total. The monoisotopic (exact) mass is 683 g/mol. The SMILES string of the molecule is CSc1ncc2c(I)[nH]nc2n1.CSc1ncc2cn[nH]c2n1.O=C1CCC(=O)N1I. The minimum Gasteiger partial charge on any atom is -0.274 e. The van der Waals surface area contributed by atoms with Gasteiger partial charge in [0.1, 0.15) is 3.70 Å². The number of carbonyl (C=O) groups excluding carboxylic acids is 2. The number of imide groups is 1. The Balaban J connectivity index is 0.000000135. The van der Waals surface area contributed by atoms with Gasteiger partial charge in [0.15, 0.2) is 21.6 Å². The van der Waals surface area contributed by atoms with Crippen molar-refractivity contribution in [3.8, 4) is 0 Å². The molecule has 31 heavy (non-hydrogen) atoms. The second-order valence-electron chi connectivity index (χ2n) is 5.73. The first-order chi connectivity index (χ1) is 14.9. The molecule has 1 aliphatic heterocycles. The van der Waals surface area contributed by atoms with Crippen molar-refractivity contribution in [3.05, 3.63) is 22.3 Å². The predicted molar refractivity (Wildman–Crippen MR) is 135 cm³/mol. The summed E-state index contributed by atoms with van der Waals surface area (Å²) in [4.78, 5) is 37.6. The Hall–Kier alpha value is -1.60. The largest absolute Gasteiger partial charge is 0.274 e. The minimum atomic E-state index is -0.0735. The van der Waals surface area contributed by atoms with Gasteiger partial charge in [-0.15, -0.1) is 0 Å². The number of rotatable bonds is 2. The zero-order chi connectivity index (χ0) is 22.4. The van der Waals surface area contributed by atoms with Gasteiger partial charge < -0.3 is 0 Å². The van der Waals surface area contributed by atoms with Gasteiger partial charge >= 0.3 is 0 Å². The lowest BCUT2D eigenvalue weighted by Crippen LogP contribution is -2.16. The minimum absolute atomic E-state index is 0.0735. The lowest BCUT2D eigenvalue weighted by atomic mass is 10.4. The van der Waals surface area contributed by atoms with E-state index in [0.717, 1.165) is 39.2 Å². The maximum atomic E-state index is 10.5. The Kier molecular flexibility index (Phi) is 8.78. The second-order valence-corrected chi connectivity index (χ2v) is 9.32. The molecule has 15 heteroatoms. The first-order valence-corrected chi connectivity index (χ1v) is 13.0. The van der Waals surface area contributed by atoms with E-state index in [9.17, 15) is 9.59 Å². The molecule has 0 atom stereocenters. The lowest BCUT2D eigenvalue weighted by molar-refractivity contribution is -0.130. The van der Waals surface area contributed by atoms with Crippen molar-refractivity contribution in [2.24, 2.45) is 0 Å². The summed E-state index contributed by atoms with van der Waals surface area (Å²) in [6.07, 6.45) is 9.93. The van der Waals surface area contributed by atoms with E-state index < -0.39 is 0 Å². The van der Waals surface area contributed by atoms with Crippen LogP contribution in [-0.4, -0.2) is 67.8 Å². The summed E-state index contributed by atoms with van der Waals surface area (Å²) in [6, 6.07) is 0. The molecule has 5 rings (SSSR count). The summed E-state index contributed by atoms with van der Waals surface area (Å²) in [5.74, 6) is -0.147. The molecule has 2 amide bonds. The van der Waals surface area contributed by atoms with E-state index in [1.165, 1.54) is 23.5 Å². The third-order valence-electron chi connectivity index (χ3n) is 3.77. The number of nitrogens with one attached hydrogen (secondary N) is 2. The van der Waals surface area contributed by atoms with Gasteiger partial charge in [-0.3, -0.25) is 19.8 Å². The molecule has 0 aromatic carbocycles. The molecule has 5 heterocycles. The van der Waals surface area contributed by atoms with Crippen LogP contribution < -0.4 is 0 Å². The van der Waals surface area contributed by atoms with Crippen LogP contribution in [0.1, 0.15) is 12.8 Å². The van der Waals surface area contributed by atoms with Gasteiger partial charge in [0, 0.05) is 25.2 Å². The van der Waals surface area contributed by atoms with E-state index in [-0.39, 0.29) is 11.8 Å². The zero-order valence-corrected chi connectivity index (χ0v) is 22.1. The van der Waals surface area contributed by atoms with Crippen molar-refractivity contribution in [3.63, 3.8) is 0 Å². The van der Waals surface area contributed by atoms with Crippen molar-refractivity contribution >= 4 is 103 Å². The van der Waals surface area contributed by atoms with E-state index in [1.54, 1.807) is 41.5 Å². The summed E-state index contributed by atoms with van der Waals surface area (Å²) < 4.78 is 2.12. The van der Waals surface area contributed by atoms with Gasteiger partial charge in [-0.05, 0) is 35.1 Å². The number of aromatic amines is 2. The second kappa shape index (κ2) is 11.3. The Morgan fingerprint density at radius 3 is 2.23 bits per heavy atom. The van der Waals surface area contributed by atoms with Gasteiger partial charge in [-0.25, -0.2) is 23.0 Å². The van der Waals surface area contributed by atoms with E-state index >= 15 is 0 Å². The lowest BCUT2D eigenvalue weighted by Gasteiger charge is -1.97. The molecule has 0 radical (unpaired) electrons. The molecule has 0 saturated carbocycles. The normalized spacial score (nSPS) is 13.2. The molecule has 0 aliphatic carbocycles. The average molecular weight is 683 g/mol. The fourth-order valence-corrected chi connectivity index (χ4v) is 3.89. The number of halogens is 2. The molecule has 1 aliphatic rings. The Morgan fingerprint density at radius 1 is 0.968 bits per heavy atom. The smallest absolute Gasteiger partial charge is 0.238 e. The van der Waals surface area contributed by atoms with E-state index in [1.807, 2.05) is 12.5 Å². The highest BCUT2D eigenvalue weighted by atomic mass is 127. The Bertz CT molecular complexity index is 1200. The van der Waals surface area contributed by atoms with Gasteiger partial charge in [0.25, 0.3) is 0 Å². The summed E-state index contributed by atoms with van der Waals surface area (Å²) in [5.41, 5.74) is 1.53. The maximum absolute atomic E-state index is 10.5. The highest BCUT2D eigenvalue weighted by Gasteiger charge is 2.26. The van der Waals surface area contributed by atoms with Crippen LogP contribution in [0.25, 0.3) is 22.1 Å². The number of H-pyrrole nitrogens is 2. The van der Waals surface area contributed by atoms with Crippen LogP contribution in [0.2, 0.25) is 0 Å². The summed E-state index contributed by atoms with van der Waals surface area (Å²) >= 11 is 6.92. The molecular weight excluding hydrogens is 668 g/mol. The number of thioether (sulfide) groups is 2. The number of fused-ring (bicyclic) bond motifs is 2. The average Bonchev–Trinajstić information content (AvgIpc) is 3.49. The van der Waals surface area contributed by atoms with Crippen molar-refractivity contribution < 1.29 is 9.59 Å². The fourth-order valence-electron chi connectivity index (χ4n) is 2.23. The molecule has 162 valence electrons. The third-order valence-corrected chi connectivity index (χ3v) is 6.79. The highest BCUT2D eigenvalue weighted by Crippen LogP contribution is 2.17. The Morgan fingerprint density at radius 2 is 1.61 bits per heavy atom. The molecule has 1 saturated heterocycles. The fraction of sp³-hybridized carbons (Fsp3) is 0.250. The van der Waals surface area contributed by atoms with Crippen molar-refractivity contribution in [2.45, 2.75) is 23.2 Å². The number of aromatic nitrogens is 8. The van der Waals surface area contributed by atoms with Crippen molar-refractivity contribution in [2.75, 3.05) is 12.5 Å². The molecule has 2 N–H and O–H groups in total. The molecule has 4 aromatic heterocycles. The van der Waals surface area contributed by atoms with E-state index in [0.29, 0.717) is 12.8 Å². The van der Waals surface area contributed by atoms with E-state index in [4.69, 9.17) is 0 Å². The molecule has 0 spiro atoms. The molecule has 0 bridgehead atoms. The van der Waals surface area contributed by atoms with Crippen molar-refractivity contribution in [1.82, 2.24) is 43.4 Å². The standard InChI is InChI=1S/C6H5IN4S.C6H6N4S.C4H4INO2/c1-12-6-8-2-3-4(7)10-11-5(3)9-6;1-11-6-7-2-4-3-8-10-5(4)9-6;5-6-3(7)1-2-4(6)8/h2H,1H3,(H,8,9,10,11);2-3H,1H3,(H,7,8,9,10);1-2H2. The van der Waals surface area contributed by atoms with Crippen molar-refractivity contribution in [1.29, 1.82) is 0 Å². The maximum Gasteiger partial charge on any atom is 0.238 e. The molecular formula is C16H15I2N9O2S2. The van der Waals surface area contributed by atoms with Gasteiger partial charge in [-0.1, -0.05) is 23.5 Å². The topological polar surface area (TPSA) is 146 Å². The van der Waals surface area contributed by atoms with Crippen LogP contribution >= 0.6 is 69.0 Å². The van der Waals surface area contributed by atoms with Crippen LogP contribution in [0, 0.1) is 3.70 Å². The van der Waals surface area contributed by atoms with Crippen LogP contribution in [-0.2, 0) is 9.59 Å². The summed E-state index contributed by atoms with van der Waals surface area (Å²) in [6.45, 7) is 0. The predicted octanol–water partition coefficient (Wildman–Crippen LogP) is 3.24. The molecule has 4 aromatic rings. The van der Waals surface area contributed by atoms with Gasteiger partial charge in [-0.2, -0.15) is 10.2 Å². The van der Waals surface area contributed by atoms with Crippen LogP contribution in [0.4, 0.5) is 0 Å². The van der Waals surface area contributed by atoms with Crippen LogP contribution in [0.3, 0.4) is 0 Å². The molecule has 1 fully saturated rings. The number of nitrogens with zero attached hydrogens (tertiary/aromatic N) is 7.